The van der Waals surface area contributed by atoms with E-state index in [0.29, 0.717) is 0 Å². The average Bonchev–Trinajstić information content (AvgIpc) is 2.81. The van der Waals surface area contributed by atoms with Crippen molar-refractivity contribution in [3.8, 4) is 0 Å². The molecular weight excluding hydrogens is 170 g/mol. The minimum atomic E-state index is -0.998. The van der Waals surface area contributed by atoms with Crippen molar-refractivity contribution >= 4 is 11.9 Å². The van der Waals surface area contributed by atoms with Gasteiger partial charge in [0.25, 0.3) is 0 Å². The van der Waals surface area contributed by atoms with Gasteiger partial charge in [0.05, 0.1) is 5.56 Å². The van der Waals surface area contributed by atoms with Gasteiger partial charge in [-0.1, -0.05) is 0 Å². The van der Waals surface area contributed by atoms with Crippen molar-refractivity contribution in [3.05, 3.63) is 24.0 Å². The fraction of sp³-hybridized carbons (Fsp3) is 0.333. The molecular formula is C9H9NO3. The number of carbonyl (C=O) groups excluding carboxylic acids is 1. The second-order valence-corrected chi connectivity index (χ2v) is 3.23. The minimum absolute atomic E-state index is 0.00694. The van der Waals surface area contributed by atoms with Crippen LogP contribution in [0, 0.1) is 5.92 Å². The summed E-state index contributed by atoms with van der Waals surface area (Å²) in [5.41, 5.74) is 0.161. The van der Waals surface area contributed by atoms with Gasteiger partial charge in [0, 0.05) is 18.3 Å². The predicted molar refractivity (Wildman–Crippen MR) is 44.7 cm³/mol. The van der Waals surface area contributed by atoms with Crippen LogP contribution in [0.3, 0.4) is 0 Å². The monoisotopic (exact) mass is 179 g/mol. The molecule has 1 N–H and O–H groups in total. The van der Waals surface area contributed by atoms with E-state index in [1.54, 1.807) is 0 Å². The van der Waals surface area contributed by atoms with E-state index in [1.165, 1.54) is 23.0 Å². The molecule has 0 atom stereocenters. The Kier molecular flexibility index (Phi) is 1.69. The predicted octanol–water partition coefficient (Wildman–Crippen LogP) is 1.24. The largest absolute Gasteiger partial charge is 0.478 e. The first-order valence-electron chi connectivity index (χ1n) is 4.14. The highest BCUT2D eigenvalue weighted by Gasteiger charge is 2.30. The van der Waals surface area contributed by atoms with Gasteiger partial charge >= 0.3 is 5.97 Å². The molecule has 1 aliphatic carbocycles. The van der Waals surface area contributed by atoms with Crippen molar-refractivity contribution in [1.29, 1.82) is 0 Å². The number of aromatic carboxylic acids is 1. The lowest BCUT2D eigenvalue weighted by molar-refractivity contribution is 0.0697. The molecule has 2 rings (SSSR count). The third-order valence-electron chi connectivity index (χ3n) is 2.12. The summed E-state index contributed by atoms with van der Waals surface area (Å²) in [5.74, 6) is -0.871. The van der Waals surface area contributed by atoms with E-state index >= 15 is 0 Å². The van der Waals surface area contributed by atoms with Crippen molar-refractivity contribution < 1.29 is 14.7 Å². The van der Waals surface area contributed by atoms with Crippen molar-refractivity contribution in [1.82, 2.24) is 4.57 Å². The Morgan fingerprint density at radius 2 is 2.15 bits per heavy atom. The van der Waals surface area contributed by atoms with Crippen LogP contribution in [0.5, 0.6) is 0 Å². The van der Waals surface area contributed by atoms with Crippen LogP contribution in [0.15, 0.2) is 18.5 Å². The van der Waals surface area contributed by atoms with Crippen LogP contribution in [0.2, 0.25) is 0 Å². The number of carbonyl (C=O) groups is 2. The topological polar surface area (TPSA) is 59.3 Å². The molecule has 0 radical (unpaired) electrons. The van der Waals surface area contributed by atoms with E-state index in [2.05, 4.69) is 0 Å². The molecule has 1 aromatic rings. The fourth-order valence-corrected chi connectivity index (χ4v) is 1.20. The Balaban J connectivity index is 2.21. The van der Waals surface area contributed by atoms with Crippen molar-refractivity contribution in [3.63, 3.8) is 0 Å². The summed E-state index contributed by atoms with van der Waals surface area (Å²) in [6.07, 6.45) is 4.73. The Labute approximate surface area is 74.8 Å². The van der Waals surface area contributed by atoms with Gasteiger partial charge in [0.2, 0.25) is 5.91 Å². The molecule has 0 amide bonds. The molecule has 1 aromatic heterocycles. The molecule has 0 aliphatic heterocycles. The quantitative estimate of drug-likeness (QED) is 0.742. The molecule has 0 aromatic carbocycles. The van der Waals surface area contributed by atoms with Crippen LogP contribution in [-0.4, -0.2) is 21.6 Å². The van der Waals surface area contributed by atoms with E-state index in [1.807, 2.05) is 0 Å². The maximum absolute atomic E-state index is 11.4. The van der Waals surface area contributed by atoms with Gasteiger partial charge in [-0.05, 0) is 18.9 Å². The van der Waals surface area contributed by atoms with E-state index < -0.39 is 5.97 Å². The number of carboxylic acids is 1. The lowest BCUT2D eigenvalue weighted by Crippen LogP contribution is -2.10. The van der Waals surface area contributed by atoms with Crippen LogP contribution in [0.25, 0.3) is 0 Å². The molecule has 4 heteroatoms. The van der Waals surface area contributed by atoms with Crippen LogP contribution in [0.1, 0.15) is 28.0 Å². The number of aromatic nitrogens is 1. The number of hydrogen-bond acceptors (Lipinski definition) is 2. The Bertz CT molecular complexity index is 363. The molecule has 0 bridgehead atoms. The van der Waals surface area contributed by atoms with Crippen molar-refractivity contribution in [2.45, 2.75) is 12.8 Å². The van der Waals surface area contributed by atoms with Gasteiger partial charge in [-0.15, -0.1) is 0 Å². The van der Waals surface area contributed by atoms with Gasteiger partial charge < -0.3 is 5.11 Å². The van der Waals surface area contributed by atoms with Gasteiger partial charge in [-0.2, -0.15) is 0 Å². The standard InChI is InChI=1S/C9H9NO3/c11-8(6-1-2-6)10-4-3-7(5-10)9(12)13/h3-6H,1-2H2,(H,12,13). The Morgan fingerprint density at radius 1 is 1.46 bits per heavy atom. The third kappa shape index (κ3) is 1.47. The number of rotatable bonds is 2. The third-order valence-corrected chi connectivity index (χ3v) is 2.12. The normalized spacial score (nSPS) is 15.7. The van der Waals surface area contributed by atoms with E-state index in [-0.39, 0.29) is 17.4 Å². The van der Waals surface area contributed by atoms with Crippen molar-refractivity contribution in [2.24, 2.45) is 5.92 Å². The van der Waals surface area contributed by atoms with Crippen LogP contribution < -0.4 is 0 Å². The zero-order valence-corrected chi connectivity index (χ0v) is 6.93. The van der Waals surface area contributed by atoms with Gasteiger partial charge in [0.15, 0.2) is 0 Å². The maximum Gasteiger partial charge on any atom is 0.337 e. The molecule has 0 spiro atoms. The highest BCUT2D eigenvalue weighted by molar-refractivity contribution is 5.90. The van der Waals surface area contributed by atoms with E-state index in [9.17, 15) is 9.59 Å². The summed E-state index contributed by atoms with van der Waals surface area (Å²) in [7, 11) is 0. The summed E-state index contributed by atoms with van der Waals surface area (Å²) in [5, 5.41) is 8.61. The second kappa shape index (κ2) is 2.73. The van der Waals surface area contributed by atoms with E-state index in [0.717, 1.165) is 12.8 Å². The Morgan fingerprint density at radius 3 is 2.62 bits per heavy atom. The minimum Gasteiger partial charge on any atom is -0.478 e. The molecule has 1 aliphatic rings. The highest BCUT2D eigenvalue weighted by Crippen LogP contribution is 2.30. The summed E-state index contributed by atoms with van der Waals surface area (Å²) in [6.45, 7) is 0. The highest BCUT2D eigenvalue weighted by atomic mass is 16.4. The lowest BCUT2D eigenvalue weighted by Gasteiger charge is -1.96. The number of carboxylic acid groups (broad SMARTS) is 1. The zero-order valence-electron chi connectivity index (χ0n) is 6.93. The smallest absolute Gasteiger partial charge is 0.337 e. The SMILES string of the molecule is O=C(O)c1ccn(C(=O)C2CC2)c1. The first kappa shape index (κ1) is 8.04. The zero-order chi connectivity index (χ0) is 9.42. The maximum atomic E-state index is 11.4. The summed E-state index contributed by atoms with van der Waals surface area (Å²) in [6, 6.07) is 1.43. The molecule has 1 saturated carbocycles. The molecule has 13 heavy (non-hydrogen) atoms. The van der Waals surface area contributed by atoms with Crippen molar-refractivity contribution in [2.75, 3.05) is 0 Å². The van der Waals surface area contributed by atoms with Crippen LogP contribution >= 0.6 is 0 Å². The first-order valence-corrected chi connectivity index (χ1v) is 4.14. The van der Waals surface area contributed by atoms with Crippen LogP contribution in [-0.2, 0) is 0 Å². The molecule has 68 valence electrons. The Hall–Kier alpha value is -1.58. The molecule has 4 nitrogen and oxygen atoms in total. The molecule has 0 saturated heterocycles. The van der Waals surface area contributed by atoms with E-state index in [4.69, 9.17) is 5.11 Å². The lowest BCUT2D eigenvalue weighted by atomic mass is 10.3. The second-order valence-electron chi connectivity index (χ2n) is 3.23. The fourth-order valence-electron chi connectivity index (χ4n) is 1.20. The summed E-state index contributed by atoms with van der Waals surface area (Å²) in [4.78, 5) is 21.9. The van der Waals surface area contributed by atoms with Gasteiger partial charge in [-0.25, -0.2) is 4.79 Å². The summed E-state index contributed by atoms with van der Waals surface area (Å²) < 4.78 is 1.36. The molecule has 1 fully saturated rings. The van der Waals surface area contributed by atoms with Crippen LogP contribution in [0.4, 0.5) is 0 Å². The molecule has 1 heterocycles. The number of nitrogens with zero attached hydrogens (tertiary/aromatic N) is 1. The number of hydrogen-bond donors (Lipinski definition) is 1. The average molecular weight is 179 g/mol. The first-order chi connectivity index (χ1) is 6.18. The van der Waals surface area contributed by atoms with Gasteiger partial charge in [-0.3, -0.25) is 9.36 Å². The molecule has 0 unspecified atom stereocenters. The summed E-state index contributed by atoms with van der Waals surface area (Å²) >= 11 is 0. The van der Waals surface area contributed by atoms with Gasteiger partial charge in [0.1, 0.15) is 0 Å².